The van der Waals surface area contributed by atoms with E-state index in [0.717, 1.165) is 11.3 Å². The summed E-state index contributed by atoms with van der Waals surface area (Å²) in [5, 5.41) is 18.3. The Labute approximate surface area is 124 Å². The van der Waals surface area contributed by atoms with Gasteiger partial charge in [-0.3, -0.25) is 0 Å². The molecule has 6 nitrogen and oxygen atoms in total. The highest BCUT2D eigenvalue weighted by atomic mass is 16.5. The Hall–Kier alpha value is -1.76. The quantitative estimate of drug-likeness (QED) is 0.894. The number of aliphatic hydroxyl groups excluding tert-OH is 1. The van der Waals surface area contributed by atoms with Gasteiger partial charge in [0.1, 0.15) is 5.69 Å². The second-order valence-electron chi connectivity index (χ2n) is 5.59. The van der Waals surface area contributed by atoms with Crippen LogP contribution in [0.1, 0.15) is 0 Å². The first-order valence-electron chi connectivity index (χ1n) is 7.07. The molecule has 0 unspecified atom stereocenters. The minimum absolute atomic E-state index is 0.0191. The zero-order chi connectivity index (χ0) is 14.8. The van der Waals surface area contributed by atoms with E-state index in [4.69, 9.17) is 4.74 Å². The molecule has 2 aromatic rings. The second-order valence-corrected chi connectivity index (χ2v) is 5.59. The SMILES string of the molecule is CN(C)[C@@H]1[C@@H](O)CO[C@@H]1Cn1cc(-c2ccccc2)nn1. The van der Waals surface area contributed by atoms with Gasteiger partial charge in [0, 0.05) is 5.56 Å². The number of likely N-dealkylation sites (N-methyl/N-ethyl adjacent to an activating group) is 1. The molecule has 1 aliphatic heterocycles. The van der Waals surface area contributed by atoms with Crippen LogP contribution in [0.3, 0.4) is 0 Å². The van der Waals surface area contributed by atoms with Crippen molar-refractivity contribution in [2.24, 2.45) is 0 Å². The number of nitrogens with zero attached hydrogens (tertiary/aromatic N) is 4. The van der Waals surface area contributed by atoms with Gasteiger partial charge < -0.3 is 14.7 Å². The third kappa shape index (κ3) is 2.97. The molecule has 1 saturated heterocycles. The van der Waals surface area contributed by atoms with Crippen molar-refractivity contribution in [3.8, 4) is 11.3 Å². The second kappa shape index (κ2) is 5.93. The van der Waals surface area contributed by atoms with E-state index in [-0.39, 0.29) is 12.1 Å². The highest BCUT2D eigenvalue weighted by molar-refractivity contribution is 5.57. The van der Waals surface area contributed by atoms with E-state index >= 15 is 0 Å². The van der Waals surface area contributed by atoms with Gasteiger partial charge >= 0.3 is 0 Å². The summed E-state index contributed by atoms with van der Waals surface area (Å²) >= 11 is 0. The minimum atomic E-state index is -0.456. The number of rotatable bonds is 4. The predicted octanol–water partition coefficient (Wildman–Crippen LogP) is 0.635. The average Bonchev–Trinajstić information content (AvgIpc) is 3.07. The van der Waals surface area contributed by atoms with Crippen molar-refractivity contribution in [2.75, 3.05) is 20.7 Å². The van der Waals surface area contributed by atoms with Gasteiger partial charge in [-0.1, -0.05) is 35.5 Å². The highest BCUT2D eigenvalue weighted by Gasteiger charge is 2.37. The van der Waals surface area contributed by atoms with Gasteiger partial charge in [0.15, 0.2) is 0 Å². The molecule has 0 amide bonds. The molecule has 0 spiro atoms. The molecule has 3 atom stereocenters. The fourth-order valence-electron chi connectivity index (χ4n) is 2.82. The van der Waals surface area contributed by atoms with Crippen molar-refractivity contribution in [2.45, 2.75) is 24.8 Å². The van der Waals surface area contributed by atoms with Gasteiger partial charge in [0.2, 0.25) is 0 Å². The lowest BCUT2D eigenvalue weighted by Gasteiger charge is -2.26. The normalized spacial score (nSPS) is 25.6. The fourth-order valence-corrected chi connectivity index (χ4v) is 2.82. The monoisotopic (exact) mass is 288 g/mol. The first-order valence-corrected chi connectivity index (χ1v) is 7.07. The van der Waals surface area contributed by atoms with Crippen LogP contribution < -0.4 is 0 Å². The summed E-state index contributed by atoms with van der Waals surface area (Å²) in [7, 11) is 3.90. The maximum atomic E-state index is 9.98. The Balaban J connectivity index is 1.73. The lowest BCUT2D eigenvalue weighted by molar-refractivity contribution is 0.0600. The van der Waals surface area contributed by atoms with Crippen LogP contribution in [0.4, 0.5) is 0 Å². The maximum Gasteiger partial charge on any atom is 0.113 e. The van der Waals surface area contributed by atoms with E-state index in [1.165, 1.54) is 0 Å². The van der Waals surface area contributed by atoms with Crippen LogP contribution >= 0.6 is 0 Å². The van der Waals surface area contributed by atoms with Crippen molar-refractivity contribution >= 4 is 0 Å². The summed E-state index contributed by atoms with van der Waals surface area (Å²) in [4.78, 5) is 2.00. The predicted molar refractivity (Wildman–Crippen MR) is 78.7 cm³/mol. The standard InChI is InChI=1S/C15H20N4O2/c1-18(2)15-13(20)10-21-14(15)9-19-8-12(16-17-19)11-6-4-3-5-7-11/h3-8,13-15,20H,9-10H2,1-2H3/t13-,14+,15+/m0/s1. The molecule has 0 radical (unpaired) electrons. The number of aromatic nitrogens is 3. The van der Waals surface area contributed by atoms with Crippen LogP contribution in [-0.4, -0.2) is 64.0 Å². The van der Waals surface area contributed by atoms with Crippen molar-refractivity contribution in [3.63, 3.8) is 0 Å². The van der Waals surface area contributed by atoms with Crippen LogP contribution in [-0.2, 0) is 11.3 Å². The van der Waals surface area contributed by atoms with E-state index in [1.54, 1.807) is 4.68 Å². The van der Waals surface area contributed by atoms with E-state index in [9.17, 15) is 5.11 Å². The number of benzene rings is 1. The summed E-state index contributed by atoms with van der Waals surface area (Å²) in [5.41, 5.74) is 1.89. The topological polar surface area (TPSA) is 63.4 Å². The van der Waals surface area contributed by atoms with Gasteiger partial charge in [0.05, 0.1) is 37.6 Å². The van der Waals surface area contributed by atoms with Crippen LogP contribution in [0.15, 0.2) is 36.5 Å². The van der Waals surface area contributed by atoms with E-state index in [0.29, 0.717) is 13.2 Å². The third-order valence-corrected chi connectivity index (χ3v) is 3.83. The van der Waals surface area contributed by atoms with Crippen molar-refractivity contribution in [1.82, 2.24) is 19.9 Å². The summed E-state index contributed by atoms with van der Waals surface area (Å²) in [6.45, 7) is 0.952. The first kappa shape index (κ1) is 14.2. The van der Waals surface area contributed by atoms with Crippen molar-refractivity contribution in [3.05, 3.63) is 36.5 Å². The first-order chi connectivity index (χ1) is 10.1. The Morgan fingerprint density at radius 1 is 1.33 bits per heavy atom. The van der Waals surface area contributed by atoms with E-state index in [1.807, 2.05) is 55.5 Å². The molecule has 0 saturated carbocycles. The molecule has 1 aromatic carbocycles. The zero-order valence-corrected chi connectivity index (χ0v) is 12.3. The van der Waals surface area contributed by atoms with Crippen LogP contribution in [0.5, 0.6) is 0 Å². The molecule has 3 rings (SSSR count). The van der Waals surface area contributed by atoms with Gasteiger partial charge in [0.25, 0.3) is 0 Å². The molecular weight excluding hydrogens is 268 g/mol. The summed E-state index contributed by atoms with van der Waals surface area (Å²) in [6.07, 6.45) is 1.37. The number of hydrogen-bond acceptors (Lipinski definition) is 5. The molecule has 1 fully saturated rings. The molecule has 6 heteroatoms. The molecule has 21 heavy (non-hydrogen) atoms. The lowest BCUT2D eigenvalue weighted by atomic mass is 10.1. The maximum absolute atomic E-state index is 9.98. The largest absolute Gasteiger partial charge is 0.389 e. The van der Waals surface area contributed by atoms with Gasteiger partial charge in [-0.2, -0.15) is 0 Å². The Morgan fingerprint density at radius 3 is 2.81 bits per heavy atom. The average molecular weight is 288 g/mol. The van der Waals surface area contributed by atoms with Crippen LogP contribution in [0, 0.1) is 0 Å². The summed E-state index contributed by atoms with van der Waals surface area (Å²) in [5.74, 6) is 0. The molecule has 2 heterocycles. The summed E-state index contributed by atoms with van der Waals surface area (Å²) in [6, 6.07) is 9.93. The summed E-state index contributed by atoms with van der Waals surface area (Å²) < 4.78 is 7.46. The Morgan fingerprint density at radius 2 is 2.10 bits per heavy atom. The van der Waals surface area contributed by atoms with Gasteiger partial charge in [-0.05, 0) is 14.1 Å². The molecule has 0 aliphatic carbocycles. The molecule has 112 valence electrons. The Bertz CT molecular complexity index is 584. The third-order valence-electron chi connectivity index (χ3n) is 3.83. The number of hydrogen-bond donors (Lipinski definition) is 1. The molecule has 1 N–H and O–H groups in total. The highest BCUT2D eigenvalue weighted by Crippen LogP contribution is 2.21. The van der Waals surface area contributed by atoms with Crippen molar-refractivity contribution in [1.29, 1.82) is 0 Å². The fraction of sp³-hybridized carbons (Fsp3) is 0.467. The van der Waals surface area contributed by atoms with Crippen LogP contribution in [0.25, 0.3) is 11.3 Å². The smallest absolute Gasteiger partial charge is 0.113 e. The van der Waals surface area contributed by atoms with Crippen molar-refractivity contribution < 1.29 is 9.84 Å². The zero-order valence-electron chi connectivity index (χ0n) is 12.3. The van der Waals surface area contributed by atoms with E-state index in [2.05, 4.69) is 10.3 Å². The van der Waals surface area contributed by atoms with E-state index < -0.39 is 6.10 Å². The van der Waals surface area contributed by atoms with Gasteiger partial charge in [-0.15, -0.1) is 5.10 Å². The molecular formula is C15H20N4O2. The Kier molecular flexibility index (Phi) is 4.01. The molecule has 1 aliphatic rings. The molecule has 0 bridgehead atoms. The minimum Gasteiger partial charge on any atom is -0.389 e. The lowest BCUT2D eigenvalue weighted by Crippen LogP contribution is -2.44. The van der Waals surface area contributed by atoms with Gasteiger partial charge in [-0.25, -0.2) is 4.68 Å². The molecule has 1 aromatic heterocycles. The number of aliphatic hydroxyl groups is 1. The number of ether oxygens (including phenoxy) is 1. The van der Waals surface area contributed by atoms with Crippen LogP contribution in [0.2, 0.25) is 0 Å².